The maximum atomic E-state index is 12.5. The second kappa shape index (κ2) is 10.5. The van der Waals surface area contributed by atoms with Gasteiger partial charge in [0.1, 0.15) is 6.61 Å². The van der Waals surface area contributed by atoms with Gasteiger partial charge in [0.05, 0.1) is 18.5 Å². The highest BCUT2D eigenvalue weighted by Crippen LogP contribution is 2.29. The van der Waals surface area contributed by atoms with E-state index in [0.717, 1.165) is 5.56 Å². The third-order valence-electron chi connectivity index (χ3n) is 4.97. The van der Waals surface area contributed by atoms with Gasteiger partial charge in [-0.15, -0.1) is 5.10 Å². The van der Waals surface area contributed by atoms with E-state index in [2.05, 4.69) is 35.8 Å². The number of amides is 1. The number of nitrogen functional groups attached to an aromatic ring is 1. The minimum atomic E-state index is -0.553. The van der Waals surface area contributed by atoms with Gasteiger partial charge < -0.3 is 15.2 Å². The molecular weight excluding hydrogens is 452 g/mol. The molecule has 0 radical (unpaired) electrons. The van der Waals surface area contributed by atoms with Crippen LogP contribution in [-0.2, 0) is 6.61 Å². The van der Waals surface area contributed by atoms with E-state index in [0.29, 0.717) is 36.0 Å². The number of carbonyl (C=O) groups excluding carboxylic acids is 1. The Bertz CT molecular complexity index is 1340. The summed E-state index contributed by atoms with van der Waals surface area (Å²) < 4.78 is 17.5. The Morgan fingerprint density at radius 3 is 2.66 bits per heavy atom. The largest absolute Gasteiger partial charge is 0.490 e. The summed E-state index contributed by atoms with van der Waals surface area (Å²) in [7, 11) is 0. The Balaban J connectivity index is 1.41. The van der Waals surface area contributed by atoms with Gasteiger partial charge in [-0.05, 0) is 60.4 Å². The van der Waals surface area contributed by atoms with Crippen molar-refractivity contribution in [2.45, 2.75) is 27.4 Å². The van der Waals surface area contributed by atoms with Crippen LogP contribution in [0.4, 0.5) is 5.82 Å². The maximum absolute atomic E-state index is 12.5. The Labute approximate surface area is 200 Å². The zero-order valence-electron chi connectivity index (χ0n) is 19.4. The topological polar surface area (TPSA) is 156 Å². The highest BCUT2D eigenvalue weighted by Gasteiger charge is 2.20. The number of hydrogen-bond donors (Lipinski definition) is 2. The molecule has 0 atom stereocenters. The number of nitrogens with one attached hydrogen (secondary N) is 1. The molecule has 0 saturated heterocycles. The number of benzene rings is 2. The average molecular weight is 476 g/mol. The summed E-state index contributed by atoms with van der Waals surface area (Å²) in [5.74, 6) is 0.808. The fraction of sp³-hybridized carbons (Fsp3) is 0.217. The normalized spacial score (nSPS) is 11.1. The minimum absolute atomic E-state index is 0.0272. The number of carbonyl (C=O) groups is 1. The Morgan fingerprint density at radius 1 is 1.14 bits per heavy atom. The van der Waals surface area contributed by atoms with E-state index in [1.807, 2.05) is 44.2 Å². The van der Waals surface area contributed by atoms with Crippen LogP contribution in [0.5, 0.6) is 11.5 Å². The monoisotopic (exact) mass is 476 g/mol. The van der Waals surface area contributed by atoms with Crippen LogP contribution >= 0.6 is 0 Å². The molecule has 0 aliphatic heterocycles. The van der Waals surface area contributed by atoms with Gasteiger partial charge in [0, 0.05) is 0 Å². The molecule has 2 aromatic carbocycles. The summed E-state index contributed by atoms with van der Waals surface area (Å²) in [6, 6.07) is 13.5. The van der Waals surface area contributed by atoms with Crippen LogP contribution < -0.4 is 20.6 Å². The number of nitrogens with zero attached hydrogens (tertiary/aromatic N) is 6. The van der Waals surface area contributed by atoms with Crippen molar-refractivity contribution < 1.29 is 18.9 Å². The van der Waals surface area contributed by atoms with Crippen LogP contribution in [0.15, 0.2) is 52.2 Å². The zero-order chi connectivity index (χ0) is 24.8. The van der Waals surface area contributed by atoms with Crippen molar-refractivity contribution in [2.24, 2.45) is 5.10 Å². The summed E-state index contributed by atoms with van der Waals surface area (Å²) >= 11 is 0. The van der Waals surface area contributed by atoms with Gasteiger partial charge in [-0.3, -0.25) is 4.79 Å². The molecule has 4 aromatic rings. The van der Waals surface area contributed by atoms with Gasteiger partial charge in [-0.1, -0.05) is 35.0 Å². The first-order valence-electron chi connectivity index (χ1n) is 10.8. The lowest BCUT2D eigenvalue weighted by Crippen LogP contribution is -2.19. The van der Waals surface area contributed by atoms with E-state index in [-0.39, 0.29) is 17.3 Å². The average Bonchev–Trinajstić information content (AvgIpc) is 3.44. The van der Waals surface area contributed by atoms with Crippen molar-refractivity contribution in [3.05, 3.63) is 70.5 Å². The standard InChI is InChI=1S/C23H24N8O4/c1-4-33-19-11-17(9-10-18(19)34-13-16-7-5-14(2)6-8-16)12-25-27-23(32)20-15(3)31(30-26-20)22-21(24)28-35-29-22/h5-12H,4,13H2,1-3H3,(H2,24,28)(H,27,32)/b25-12+. The molecule has 0 spiro atoms. The molecule has 12 nitrogen and oxygen atoms in total. The number of ether oxygens (including phenoxy) is 2. The van der Waals surface area contributed by atoms with E-state index in [9.17, 15) is 4.79 Å². The van der Waals surface area contributed by atoms with Crippen LogP contribution in [0.2, 0.25) is 0 Å². The van der Waals surface area contributed by atoms with Crippen LogP contribution in [-0.4, -0.2) is 44.0 Å². The summed E-state index contributed by atoms with van der Waals surface area (Å²) in [5, 5.41) is 18.9. The Hall–Kier alpha value is -4.74. The molecule has 2 heterocycles. The van der Waals surface area contributed by atoms with Gasteiger partial charge in [0.25, 0.3) is 5.91 Å². The Kier molecular flexibility index (Phi) is 7.00. The van der Waals surface area contributed by atoms with E-state index >= 15 is 0 Å². The number of rotatable bonds is 9. The molecule has 0 aliphatic carbocycles. The third-order valence-corrected chi connectivity index (χ3v) is 4.97. The van der Waals surface area contributed by atoms with Gasteiger partial charge in [-0.2, -0.15) is 9.78 Å². The lowest BCUT2D eigenvalue weighted by atomic mass is 10.2. The van der Waals surface area contributed by atoms with Gasteiger partial charge in [-0.25, -0.2) is 10.1 Å². The summed E-state index contributed by atoms with van der Waals surface area (Å²) in [4.78, 5) is 12.5. The molecular formula is C23H24N8O4. The SMILES string of the molecule is CCOc1cc(/C=N/NC(=O)c2nnn(-c3nonc3N)c2C)ccc1OCc1ccc(C)cc1. The van der Waals surface area contributed by atoms with Gasteiger partial charge in [0.15, 0.2) is 17.2 Å². The molecule has 4 rings (SSSR count). The van der Waals surface area contributed by atoms with Crippen LogP contribution in [0.3, 0.4) is 0 Å². The predicted molar refractivity (Wildman–Crippen MR) is 127 cm³/mol. The van der Waals surface area contributed by atoms with E-state index in [1.165, 1.54) is 16.5 Å². The summed E-state index contributed by atoms with van der Waals surface area (Å²) in [6.45, 7) is 6.45. The number of aryl methyl sites for hydroxylation is 1. The molecule has 3 N–H and O–H groups in total. The zero-order valence-corrected chi connectivity index (χ0v) is 19.4. The maximum Gasteiger partial charge on any atom is 0.293 e. The summed E-state index contributed by atoms with van der Waals surface area (Å²) in [6.07, 6.45) is 1.49. The van der Waals surface area contributed by atoms with E-state index < -0.39 is 5.91 Å². The molecule has 35 heavy (non-hydrogen) atoms. The van der Waals surface area contributed by atoms with E-state index in [4.69, 9.17) is 15.2 Å². The van der Waals surface area contributed by atoms with Crippen molar-refractivity contribution in [3.63, 3.8) is 0 Å². The first-order chi connectivity index (χ1) is 17.0. The van der Waals surface area contributed by atoms with Crippen molar-refractivity contribution in [1.29, 1.82) is 0 Å². The molecule has 12 heteroatoms. The molecule has 0 bridgehead atoms. The lowest BCUT2D eigenvalue weighted by molar-refractivity contribution is 0.0949. The third kappa shape index (κ3) is 5.43. The van der Waals surface area contributed by atoms with Crippen LogP contribution in [0, 0.1) is 13.8 Å². The van der Waals surface area contributed by atoms with Crippen molar-refractivity contribution in [2.75, 3.05) is 12.3 Å². The van der Waals surface area contributed by atoms with E-state index in [1.54, 1.807) is 19.1 Å². The summed E-state index contributed by atoms with van der Waals surface area (Å²) in [5.41, 5.74) is 11.5. The van der Waals surface area contributed by atoms with Gasteiger partial charge >= 0.3 is 0 Å². The fourth-order valence-electron chi connectivity index (χ4n) is 3.13. The van der Waals surface area contributed by atoms with Gasteiger partial charge in [0.2, 0.25) is 11.6 Å². The second-order valence-electron chi connectivity index (χ2n) is 7.52. The smallest absolute Gasteiger partial charge is 0.293 e. The molecule has 180 valence electrons. The number of anilines is 1. The Morgan fingerprint density at radius 2 is 1.94 bits per heavy atom. The highest BCUT2D eigenvalue weighted by molar-refractivity contribution is 5.94. The van der Waals surface area contributed by atoms with Crippen LogP contribution in [0.25, 0.3) is 5.82 Å². The first-order valence-corrected chi connectivity index (χ1v) is 10.8. The number of aromatic nitrogens is 5. The highest BCUT2D eigenvalue weighted by atomic mass is 16.6. The number of nitrogens with two attached hydrogens (primary N) is 1. The quantitative estimate of drug-likeness (QED) is 0.274. The second-order valence-corrected chi connectivity index (χ2v) is 7.52. The lowest BCUT2D eigenvalue weighted by Gasteiger charge is -2.12. The minimum Gasteiger partial charge on any atom is -0.490 e. The van der Waals surface area contributed by atoms with Crippen LogP contribution in [0.1, 0.15) is 39.8 Å². The first kappa shape index (κ1) is 23.4. The molecule has 0 fully saturated rings. The van der Waals surface area contributed by atoms with Crippen molar-refractivity contribution in [1.82, 2.24) is 30.7 Å². The number of hydrogen-bond acceptors (Lipinski definition) is 10. The number of hydrazone groups is 1. The predicted octanol–water partition coefficient (Wildman–Crippen LogP) is 2.59. The fourth-order valence-corrected chi connectivity index (χ4v) is 3.13. The molecule has 0 unspecified atom stereocenters. The molecule has 0 aliphatic rings. The molecule has 1 amide bonds. The molecule has 2 aromatic heterocycles. The van der Waals surface area contributed by atoms with Crippen molar-refractivity contribution in [3.8, 4) is 17.3 Å². The van der Waals surface area contributed by atoms with Crippen molar-refractivity contribution >= 4 is 17.9 Å². The molecule has 0 saturated carbocycles.